The predicted octanol–water partition coefficient (Wildman–Crippen LogP) is 1.84. The zero-order valence-electron chi connectivity index (χ0n) is 11.6. The third-order valence-corrected chi connectivity index (χ3v) is 2.92. The number of hydrogen-bond acceptors (Lipinski definition) is 3. The van der Waals surface area contributed by atoms with Crippen LogP contribution in [-0.2, 0) is 13.6 Å². The van der Waals surface area contributed by atoms with Crippen LogP contribution in [0.1, 0.15) is 15.9 Å². The molecule has 1 heterocycles. The second-order valence-corrected chi connectivity index (χ2v) is 4.53. The molecule has 1 aromatic carbocycles. The highest BCUT2D eigenvalue weighted by Gasteiger charge is 2.15. The second-order valence-electron chi connectivity index (χ2n) is 4.53. The van der Waals surface area contributed by atoms with Crippen LogP contribution in [0.15, 0.2) is 30.6 Å². The van der Waals surface area contributed by atoms with Crippen molar-refractivity contribution in [3.8, 4) is 5.75 Å². The van der Waals surface area contributed by atoms with Crippen LogP contribution in [-0.4, -0.2) is 34.7 Å². The van der Waals surface area contributed by atoms with Crippen molar-refractivity contribution < 1.29 is 13.9 Å². The number of ether oxygens (including phenoxy) is 1. The molecule has 2 rings (SSSR count). The summed E-state index contributed by atoms with van der Waals surface area (Å²) >= 11 is 0. The Balaban J connectivity index is 2.12. The van der Waals surface area contributed by atoms with Crippen LogP contribution in [0.3, 0.4) is 0 Å². The van der Waals surface area contributed by atoms with E-state index < -0.39 is 5.82 Å². The maximum absolute atomic E-state index is 13.6. The van der Waals surface area contributed by atoms with Crippen molar-refractivity contribution in [1.29, 1.82) is 0 Å². The lowest BCUT2D eigenvalue weighted by Gasteiger charge is -2.16. The van der Waals surface area contributed by atoms with E-state index in [1.807, 2.05) is 13.2 Å². The van der Waals surface area contributed by atoms with Gasteiger partial charge in [0.2, 0.25) is 0 Å². The Morgan fingerprint density at radius 1 is 1.50 bits per heavy atom. The number of rotatable bonds is 4. The number of carbonyl (C=O) groups is 1. The first kappa shape index (κ1) is 14.0. The fourth-order valence-corrected chi connectivity index (χ4v) is 1.92. The fourth-order valence-electron chi connectivity index (χ4n) is 1.92. The van der Waals surface area contributed by atoms with Crippen molar-refractivity contribution in [3.05, 3.63) is 47.5 Å². The van der Waals surface area contributed by atoms with E-state index in [-0.39, 0.29) is 17.2 Å². The van der Waals surface area contributed by atoms with Gasteiger partial charge < -0.3 is 9.64 Å². The maximum Gasteiger partial charge on any atom is 0.254 e. The van der Waals surface area contributed by atoms with E-state index in [4.69, 9.17) is 4.74 Å². The minimum Gasteiger partial charge on any atom is -0.494 e. The Bertz CT molecular complexity index is 625. The fraction of sp³-hybridized carbons (Fsp3) is 0.286. The monoisotopic (exact) mass is 277 g/mol. The summed E-state index contributed by atoms with van der Waals surface area (Å²) in [5, 5.41) is 4.04. The van der Waals surface area contributed by atoms with Gasteiger partial charge in [0, 0.05) is 38.0 Å². The molecule has 0 spiro atoms. The Kier molecular flexibility index (Phi) is 4.02. The molecule has 106 valence electrons. The third kappa shape index (κ3) is 2.96. The van der Waals surface area contributed by atoms with Crippen LogP contribution in [0.2, 0.25) is 0 Å². The number of amides is 1. The number of halogens is 1. The van der Waals surface area contributed by atoms with Crippen molar-refractivity contribution in [2.75, 3.05) is 14.2 Å². The van der Waals surface area contributed by atoms with Gasteiger partial charge in [0.15, 0.2) is 11.6 Å². The lowest BCUT2D eigenvalue weighted by atomic mass is 10.2. The lowest BCUT2D eigenvalue weighted by molar-refractivity contribution is 0.0784. The molecule has 1 aromatic heterocycles. The molecule has 0 atom stereocenters. The number of aryl methyl sites for hydroxylation is 1. The summed E-state index contributed by atoms with van der Waals surface area (Å²) in [4.78, 5) is 13.7. The Labute approximate surface area is 116 Å². The van der Waals surface area contributed by atoms with E-state index in [1.54, 1.807) is 24.0 Å². The number of carbonyl (C=O) groups excluding carboxylic acids is 1. The highest BCUT2D eigenvalue weighted by Crippen LogP contribution is 2.18. The van der Waals surface area contributed by atoms with Crippen LogP contribution in [0.4, 0.5) is 4.39 Å². The summed E-state index contributed by atoms with van der Waals surface area (Å²) in [5.74, 6) is -0.681. The average molecular weight is 277 g/mol. The Morgan fingerprint density at radius 2 is 2.25 bits per heavy atom. The molecule has 0 N–H and O–H groups in total. The van der Waals surface area contributed by atoms with Gasteiger partial charge in [-0.3, -0.25) is 9.48 Å². The summed E-state index contributed by atoms with van der Waals surface area (Å²) in [6, 6.07) is 4.17. The molecule has 20 heavy (non-hydrogen) atoms. The van der Waals surface area contributed by atoms with Gasteiger partial charge in [-0.2, -0.15) is 5.10 Å². The summed E-state index contributed by atoms with van der Waals surface area (Å²) in [6.07, 6.45) is 3.52. The highest BCUT2D eigenvalue weighted by molar-refractivity contribution is 5.94. The molecule has 0 radical (unpaired) electrons. The largest absolute Gasteiger partial charge is 0.494 e. The molecule has 2 aromatic rings. The molecule has 0 aliphatic heterocycles. The van der Waals surface area contributed by atoms with Crippen molar-refractivity contribution in [1.82, 2.24) is 14.7 Å². The maximum atomic E-state index is 13.6. The molecule has 0 aliphatic rings. The zero-order chi connectivity index (χ0) is 14.7. The second kappa shape index (κ2) is 5.73. The van der Waals surface area contributed by atoms with Crippen LogP contribution in [0, 0.1) is 5.82 Å². The molecular formula is C14H16FN3O2. The minimum absolute atomic E-state index is 0.122. The van der Waals surface area contributed by atoms with E-state index in [9.17, 15) is 9.18 Å². The third-order valence-electron chi connectivity index (χ3n) is 2.92. The molecule has 0 aliphatic carbocycles. The van der Waals surface area contributed by atoms with Crippen LogP contribution in [0.25, 0.3) is 0 Å². The Hall–Kier alpha value is -2.37. The molecule has 0 saturated heterocycles. The summed E-state index contributed by atoms with van der Waals surface area (Å²) < 4.78 is 20.1. The quantitative estimate of drug-likeness (QED) is 0.856. The first-order valence-corrected chi connectivity index (χ1v) is 6.08. The van der Waals surface area contributed by atoms with E-state index in [1.165, 1.54) is 24.1 Å². The first-order valence-electron chi connectivity index (χ1n) is 6.08. The van der Waals surface area contributed by atoms with Gasteiger partial charge in [-0.25, -0.2) is 4.39 Å². The van der Waals surface area contributed by atoms with Gasteiger partial charge >= 0.3 is 0 Å². The normalized spacial score (nSPS) is 10.4. The first-order chi connectivity index (χ1) is 9.51. The Morgan fingerprint density at radius 3 is 2.80 bits per heavy atom. The minimum atomic E-state index is -0.548. The number of nitrogens with zero attached hydrogens (tertiary/aromatic N) is 3. The highest BCUT2D eigenvalue weighted by atomic mass is 19.1. The van der Waals surface area contributed by atoms with Gasteiger partial charge in [-0.15, -0.1) is 0 Å². The molecule has 1 amide bonds. The van der Waals surface area contributed by atoms with Crippen molar-refractivity contribution in [3.63, 3.8) is 0 Å². The van der Waals surface area contributed by atoms with Gasteiger partial charge in [-0.05, 0) is 18.2 Å². The van der Waals surface area contributed by atoms with E-state index in [2.05, 4.69) is 5.10 Å². The van der Waals surface area contributed by atoms with E-state index in [0.29, 0.717) is 6.54 Å². The van der Waals surface area contributed by atoms with Gasteiger partial charge in [-0.1, -0.05) is 0 Å². The number of methoxy groups -OCH3 is 1. The topological polar surface area (TPSA) is 47.4 Å². The van der Waals surface area contributed by atoms with Crippen LogP contribution in [0.5, 0.6) is 5.75 Å². The molecule has 0 fully saturated rings. The van der Waals surface area contributed by atoms with E-state index >= 15 is 0 Å². The molecule has 0 bridgehead atoms. The molecular weight excluding hydrogens is 261 g/mol. The van der Waals surface area contributed by atoms with Gasteiger partial charge in [0.05, 0.1) is 13.3 Å². The molecule has 0 unspecified atom stereocenters. The zero-order valence-corrected chi connectivity index (χ0v) is 11.6. The number of benzene rings is 1. The summed E-state index contributed by atoms with van der Waals surface area (Å²) in [6.45, 7) is 0.417. The number of hydrogen-bond donors (Lipinski definition) is 0. The average Bonchev–Trinajstić information content (AvgIpc) is 2.83. The molecule has 5 nitrogen and oxygen atoms in total. The smallest absolute Gasteiger partial charge is 0.254 e. The van der Waals surface area contributed by atoms with E-state index in [0.717, 1.165) is 5.56 Å². The predicted molar refractivity (Wildman–Crippen MR) is 72.0 cm³/mol. The van der Waals surface area contributed by atoms with Crippen molar-refractivity contribution in [2.24, 2.45) is 7.05 Å². The van der Waals surface area contributed by atoms with Gasteiger partial charge in [0.25, 0.3) is 5.91 Å². The molecule has 0 saturated carbocycles. The summed E-state index contributed by atoms with van der Waals surface area (Å²) in [7, 11) is 4.86. The summed E-state index contributed by atoms with van der Waals surface area (Å²) in [5.41, 5.74) is 1.20. The SMILES string of the molecule is COc1ccc(C(=O)N(C)Cc2cnn(C)c2)cc1F. The van der Waals surface area contributed by atoms with Gasteiger partial charge in [0.1, 0.15) is 0 Å². The van der Waals surface area contributed by atoms with Crippen molar-refractivity contribution in [2.45, 2.75) is 6.54 Å². The number of aromatic nitrogens is 2. The molecule has 6 heteroatoms. The lowest BCUT2D eigenvalue weighted by Crippen LogP contribution is -2.26. The standard InChI is InChI=1S/C14H16FN3O2/c1-17(8-10-7-16-18(2)9-10)14(19)11-4-5-13(20-3)12(15)6-11/h4-7,9H,8H2,1-3H3. The van der Waals surface area contributed by atoms with Crippen LogP contribution < -0.4 is 4.74 Å². The van der Waals surface area contributed by atoms with Crippen molar-refractivity contribution >= 4 is 5.91 Å². The van der Waals surface area contributed by atoms with Crippen LogP contribution >= 0.6 is 0 Å².